The highest BCUT2D eigenvalue weighted by Crippen LogP contribution is 2.28. The average Bonchev–Trinajstić information content (AvgIpc) is 2.78. The number of rotatable bonds is 9. The molecule has 31 heavy (non-hydrogen) atoms. The van der Waals surface area contributed by atoms with Gasteiger partial charge in [0.05, 0.1) is 19.7 Å². The number of carbonyl (C=O) groups is 1. The maximum absolute atomic E-state index is 12.4. The van der Waals surface area contributed by atoms with E-state index in [1.54, 1.807) is 18.5 Å². The van der Waals surface area contributed by atoms with Gasteiger partial charge in [-0.25, -0.2) is 0 Å². The minimum absolute atomic E-state index is 0.116. The third kappa shape index (κ3) is 5.23. The van der Waals surface area contributed by atoms with Crippen molar-refractivity contribution in [1.82, 2.24) is 4.98 Å². The highest BCUT2D eigenvalue weighted by atomic mass is 16.5. The van der Waals surface area contributed by atoms with Crippen molar-refractivity contribution in [2.24, 2.45) is 0 Å². The third-order valence-electron chi connectivity index (χ3n) is 5.59. The molecule has 1 saturated heterocycles. The van der Waals surface area contributed by atoms with Gasteiger partial charge in [-0.15, -0.1) is 0 Å². The summed E-state index contributed by atoms with van der Waals surface area (Å²) in [5, 5.41) is 0. The molecule has 0 N–H and O–H groups in total. The van der Waals surface area contributed by atoms with E-state index in [1.165, 1.54) is 5.69 Å². The van der Waals surface area contributed by atoms with Crippen molar-refractivity contribution in [3.05, 3.63) is 84.2 Å². The molecule has 160 valence electrons. The van der Waals surface area contributed by atoms with Crippen molar-refractivity contribution in [3.8, 4) is 11.5 Å². The van der Waals surface area contributed by atoms with Gasteiger partial charge < -0.3 is 14.4 Å². The lowest BCUT2D eigenvalue weighted by Gasteiger charge is -2.40. The van der Waals surface area contributed by atoms with Gasteiger partial charge in [0.25, 0.3) is 0 Å². The molecule has 1 aromatic heterocycles. The molecule has 1 aliphatic rings. The maximum atomic E-state index is 12.4. The first-order valence-corrected chi connectivity index (χ1v) is 10.8. The van der Waals surface area contributed by atoms with Crippen molar-refractivity contribution >= 4 is 11.5 Å². The number of benzene rings is 2. The fourth-order valence-corrected chi connectivity index (χ4v) is 3.75. The summed E-state index contributed by atoms with van der Waals surface area (Å²) >= 11 is 0. The minimum Gasteiger partial charge on any atom is -0.494 e. The Hall–Kier alpha value is -3.34. The molecule has 1 atom stereocenters. The van der Waals surface area contributed by atoms with Gasteiger partial charge >= 0.3 is 0 Å². The molecule has 1 aliphatic heterocycles. The second-order valence-corrected chi connectivity index (χ2v) is 7.91. The van der Waals surface area contributed by atoms with E-state index in [-0.39, 0.29) is 17.8 Å². The highest BCUT2D eigenvalue weighted by molar-refractivity contribution is 5.96. The fourth-order valence-electron chi connectivity index (χ4n) is 3.75. The molecule has 1 fully saturated rings. The molecular formula is C26H28N2O3. The summed E-state index contributed by atoms with van der Waals surface area (Å²) < 4.78 is 11.6. The number of aromatic nitrogens is 1. The van der Waals surface area contributed by atoms with E-state index in [4.69, 9.17) is 9.47 Å². The van der Waals surface area contributed by atoms with Gasteiger partial charge in [-0.1, -0.05) is 19.1 Å². The lowest BCUT2D eigenvalue weighted by atomic mass is 9.93. The number of ketones is 1. The SMILES string of the molecule is CCOc1ccc(N2CC(Oc3ccc([C@H](C)CC(=O)c4cccnc4)cc3)C2)cc1. The van der Waals surface area contributed by atoms with Gasteiger partial charge in [0.2, 0.25) is 0 Å². The first-order valence-electron chi connectivity index (χ1n) is 10.8. The topological polar surface area (TPSA) is 51.7 Å². The van der Waals surface area contributed by atoms with Crippen LogP contribution in [0.3, 0.4) is 0 Å². The predicted molar refractivity (Wildman–Crippen MR) is 122 cm³/mol. The van der Waals surface area contributed by atoms with Crippen molar-refractivity contribution < 1.29 is 14.3 Å². The standard InChI is InChI=1S/C26H28N2O3/c1-3-30-23-12-8-22(9-13-23)28-17-25(18-28)31-24-10-6-20(7-11-24)19(2)15-26(29)21-5-4-14-27-16-21/h4-14,16,19,25H,3,15,17-18H2,1-2H3/t19-/m1/s1. The number of ether oxygens (including phenoxy) is 2. The molecule has 2 heterocycles. The van der Waals surface area contributed by atoms with Gasteiger partial charge in [-0.3, -0.25) is 9.78 Å². The lowest BCUT2D eigenvalue weighted by molar-refractivity contribution is 0.0975. The monoisotopic (exact) mass is 416 g/mol. The number of pyridine rings is 1. The molecule has 0 radical (unpaired) electrons. The fraction of sp³-hybridized carbons (Fsp3) is 0.308. The van der Waals surface area contributed by atoms with E-state index >= 15 is 0 Å². The molecule has 0 saturated carbocycles. The van der Waals surface area contributed by atoms with Crippen LogP contribution >= 0.6 is 0 Å². The third-order valence-corrected chi connectivity index (χ3v) is 5.59. The Labute approximate surface area is 183 Å². The number of nitrogens with zero attached hydrogens (tertiary/aromatic N) is 2. The van der Waals surface area contributed by atoms with Crippen LogP contribution < -0.4 is 14.4 Å². The van der Waals surface area contributed by atoms with E-state index in [2.05, 4.69) is 41.1 Å². The van der Waals surface area contributed by atoms with Crippen LogP contribution in [0.2, 0.25) is 0 Å². The molecule has 4 rings (SSSR count). The van der Waals surface area contributed by atoms with Crippen molar-refractivity contribution in [2.75, 3.05) is 24.6 Å². The van der Waals surface area contributed by atoms with Crippen LogP contribution in [-0.2, 0) is 0 Å². The first-order chi connectivity index (χ1) is 15.1. The smallest absolute Gasteiger partial charge is 0.165 e. The molecule has 3 aromatic rings. The summed E-state index contributed by atoms with van der Waals surface area (Å²) in [6.07, 6.45) is 3.95. The molecule has 2 aromatic carbocycles. The Kier molecular flexibility index (Phi) is 6.51. The second-order valence-electron chi connectivity index (χ2n) is 7.91. The molecule has 5 heteroatoms. The summed E-state index contributed by atoms with van der Waals surface area (Å²) in [5.41, 5.74) is 2.98. The van der Waals surface area contributed by atoms with Gasteiger partial charge in [-0.2, -0.15) is 0 Å². The van der Waals surface area contributed by atoms with Crippen LogP contribution in [0, 0.1) is 0 Å². The predicted octanol–water partition coefficient (Wildman–Crippen LogP) is 5.12. The van der Waals surface area contributed by atoms with E-state index in [1.807, 2.05) is 37.3 Å². The van der Waals surface area contributed by atoms with Crippen LogP contribution in [-0.4, -0.2) is 36.6 Å². The lowest BCUT2D eigenvalue weighted by Crippen LogP contribution is -2.54. The Morgan fingerprint density at radius 2 is 1.77 bits per heavy atom. The molecule has 0 unspecified atom stereocenters. The van der Waals surface area contributed by atoms with Crippen molar-refractivity contribution in [3.63, 3.8) is 0 Å². The number of hydrogen-bond donors (Lipinski definition) is 0. The quantitative estimate of drug-likeness (QED) is 0.453. The average molecular weight is 417 g/mol. The van der Waals surface area contributed by atoms with Crippen LogP contribution in [0.4, 0.5) is 5.69 Å². The van der Waals surface area contributed by atoms with Gasteiger partial charge in [0, 0.05) is 30.1 Å². The number of anilines is 1. The summed E-state index contributed by atoms with van der Waals surface area (Å²) in [7, 11) is 0. The minimum atomic E-state index is 0.116. The zero-order valence-corrected chi connectivity index (χ0v) is 18.0. The molecule has 0 spiro atoms. The summed E-state index contributed by atoms with van der Waals surface area (Å²) in [4.78, 5) is 18.7. The Morgan fingerprint density at radius 3 is 2.42 bits per heavy atom. The van der Waals surface area contributed by atoms with E-state index < -0.39 is 0 Å². The number of hydrogen-bond acceptors (Lipinski definition) is 5. The summed E-state index contributed by atoms with van der Waals surface area (Å²) in [6.45, 7) is 6.47. The second kappa shape index (κ2) is 9.65. The van der Waals surface area contributed by atoms with E-state index in [0.29, 0.717) is 18.6 Å². The zero-order valence-electron chi connectivity index (χ0n) is 18.0. The number of carbonyl (C=O) groups excluding carboxylic acids is 1. The summed E-state index contributed by atoms with van der Waals surface area (Å²) in [6, 6.07) is 19.9. The van der Waals surface area contributed by atoms with E-state index in [9.17, 15) is 4.79 Å². The van der Waals surface area contributed by atoms with Crippen LogP contribution in [0.25, 0.3) is 0 Å². The van der Waals surface area contributed by atoms with Gasteiger partial charge in [0.1, 0.15) is 17.6 Å². The summed E-state index contributed by atoms with van der Waals surface area (Å²) in [5.74, 6) is 2.02. The van der Waals surface area contributed by atoms with Crippen molar-refractivity contribution in [2.45, 2.75) is 32.3 Å². The zero-order chi connectivity index (χ0) is 21.6. The molecule has 0 bridgehead atoms. The Morgan fingerprint density at radius 1 is 1.06 bits per heavy atom. The maximum Gasteiger partial charge on any atom is 0.165 e. The highest BCUT2D eigenvalue weighted by Gasteiger charge is 2.28. The van der Waals surface area contributed by atoms with Crippen LogP contribution in [0.5, 0.6) is 11.5 Å². The van der Waals surface area contributed by atoms with Crippen LogP contribution in [0.1, 0.15) is 42.1 Å². The van der Waals surface area contributed by atoms with E-state index in [0.717, 1.165) is 30.2 Å². The van der Waals surface area contributed by atoms with Crippen molar-refractivity contribution in [1.29, 1.82) is 0 Å². The van der Waals surface area contributed by atoms with Gasteiger partial charge in [0.15, 0.2) is 5.78 Å². The Bertz CT molecular complexity index is 981. The molecule has 0 aliphatic carbocycles. The normalized spacial score (nSPS) is 14.6. The molecule has 0 amide bonds. The molecule has 5 nitrogen and oxygen atoms in total. The Balaban J connectivity index is 1.26. The van der Waals surface area contributed by atoms with Gasteiger partial charge in [-0.05, 0) is 66.9 Å². The molecular weight excluding hydrogens is 388 g/mol. The first kappa shape index (κ1) is 20.9. The number of Topliss-reactive ketones (excluding diaryl/α,β-unsaturated/α-hetero) is 1. The largest absolute Gasteiger partial charge is 0.494 e. The van der Waals surface area contributed by atoms with Crippen LogP contribution in [0.15, 0.2) is 73.1 Å².